The van der Waals surface area contributed by atoms with E-state index in [0.717, 1.165) is 16.7 Å². The third-order valence-electron chi connectivity index (χ3n) is 2.23. The van der Waals surface area contributed by atoms with Crippen molar-refractivity contribution in [2.45, 2.75) is 13.0 Å². The van der Waals surface area contributed by atoms with Crippen LogP contribution in [-0.2, 0) is 0 Å². The molecule has 0 fully saturated rings. The summed E-state index contributed by atoms with van der Waals surface area (Å²) in [7, 11) is 0. The topological polar surface area (TPSA) is 46.0 Å². The molecule has 2 rings (SSSR count). The van der Waals surface area contributed by atoms with Crippen LogP contribution in [0, 0.1) is 6.92 Å². The molecule has 3 heteroatoms. The van der Waals surface area contributed by atoms with Crippen molar-refractivity contribution >= 4 is 0 Å². The molecule has 1 N–H and O–H groups in total. The molecule has 0 saturated carbocycles. The summed E-state index contributed by atoms with van der Waals surface area (Å²) < 4.78 is 0. The zero-order valence-corrected chi connectivity index (χ0v) is 8.46. The fourth-order valence-corrected chi connectivity index (χ4v) is 1.47. The Kier molecular flexibility index (Phi) is 2.74. The lowest BCUT2D eigenvalue weighted by Crippen LogP contribution is -2.00. The van der Waals surface area contributed by atoms with Crippen LogP contribution in [0.15, 0.2) is 43.0 Å². The summed E-state index contributed by atoms with van der Waals surface area (Å²) in [4.78, 5) is 7.97. The first-order chi connectivity index (χ1) is 7.27. The van der Waals surface area contributed by atoms with Gasteiger partial charge < -0.3 is 5.11 Å². The SMILES string of the molecule is Cc1cncc(C(O)c2ccncc2)c1. The van der Waals surface area contributed by atoms with E-state index < -0.39 is 6.10 Å². The zero-order valence-electron chi connectivity index (χ0n) is 8.46. The molecule has 0 saturated heterocycles. The number of aromatic nitrogens is 2. The third kappa shape index (κ3) is 2.19. The maximum Gasteiger partial charge on any atom is 0.106 e. The molecule has 0 aliphatic carbocycles. The lowest BCUT2D eigenvalue weighted by molar-refractivity contribution is 0.219. The minimum absolute atomic E-state index is 0.625. The van der Waals surface area contributed by atoms with Gasteiger partial charge >= 0.3 is 0 Å². The number of rotatable bonds is 2. The molecule has 3 nitrogen and oxygen atoms in total. The van der Waals surface area contributed by atoms with Gasteiger partial charge in [-0.1, -0.05) is 6.07 Å². The Hall–Kier alpha value is -1.74. The number of aryl methyl sites for hydroxylation is 1. The van der Waals surface area contributed by atoms with E-state index in [1.165, 1.54) is 0 Å². The van der Waals surface area contributed by atoms with Crippen molar-refractivity contribution in [2.24, 2.45) is 0 Å². The second-order valence-electron chi connectivity index (χ2n) is 3.48. The molecule has 1 atom stereocenters. The van der Waals surface area contributed by atoms with Crippen LogP contribution in [0.1, 0.15) is 22.8 Å². The summed E-state index contributed by atoms with van der Waals surface area (Å²) in [5.41, 5.74) is 2.68. The van der Waals surface area contributed by atoms with Gasteiger partial charge in [-0.3, -0.25) is 9.97 Å². The molecule has 0 aliphatic rings. The third-order valence-corrected chi connectivity index (χ3v) is 2.23. The van der Waals surface area contributed by atoms with Gasteiger partial charge in [-0.05, 0) is 30.2 Å². The predicted molar refractivity (Wildman–Crippen MR) is 57.3 cm³/mol. The van der Waals surface area contributed by atoms with Crippen LogP contribution >= 0.6 is 0 Å². The average molecular weight is 200 g/mol. The van der Waals surface area contributed by atoms with Crippen LogP contribution in [0.4, 0.5) is 0 Å². The van der Waals surface area contributed by atoms with Gasteiger partial charge in [0, 0.05) is 30.4 Å². The normalized spacial score (nSPS) is 12.4. The number of hydrogen-bond acceptors (Lipinski definition) is 3. The van der Waals surface area contributed by atoms with Gasteiger partial charge in [-0.15, -0.1) is 0 Å². The Bertz CT molecular complexity index is 442. The molecule has 0 aromatic carbocycles. The molecule has 0 aliphatic heterocycles. The maximum absolute atomic E-state index is 10.0. The first kappa shape index (κ1) is 9.80. The van der Waals surface area contributed by atoms with Crippen LogP contribution in [-0.4, -0.2) is 15.1 Å². The van der Waals surface area contributed by atoms with Crippen LogP contribution in [0.2, 0.25) is 0 Å². The van der Waals surface area contributed by atoms with E-state index in [2.05, 4.69) is 9.97 Å². The van der Waals surface area contributed by atoms with E-state index in [9.17, 15) is 5.11 Å². The number of pyridine rings is 2. The molecular formula is C12H12N2O. The minimum Gasteiger partial charge on any atom is -0.384 e. The van der Waals surface area contributed by atoms with Crippen LogP contribution in [0.25, 0.3) is 0 Å². The van der Waals surface area contributed by atoms with Gasteiger partial charge in [0.1, 0.15) is 6.10 Å². The summed E-state index contributed by atoms with van der Waals surface area (Å²) in [5.74, 6) is 0. The van der Waals surface area contributed by atoms with Crippen molar-refractivity contribution in [1.29, 1.82) is 0 Å². The Morgan fingerprint density at radius 1 is 1.07 bits per heavy atom. The van der Waals surface area contributed by atoms with E-state index in [4.69, 9.17) is 0 Å². The van der Waals surface area contributed by atoms with Crippen LogP contribution in [0.5, 0.6) is 0 Å². The monoisotopic (exact) mass is 200 g/mol. The first-order valence-electron chi connectivity index (χ1n) is 4.77. The van der Waals surface area contributed by atoms with E-state index in [-0.39, 0.29) is 0 Å². The standard InChI is InChI=1S/C12H12N2O/c1-9-6-11(8-14-7-9)12(15)10-2-4-13-5-3-10/h2-8,12,15H,1H3. The second-order valence-corrected chi connectivity index (χ2v) is 3.48. The van der Waals surface area contributed by atoms with Gasteiger partial charge in [0.25, 0.3) is 0 Å². The number of nitrogens with zero attached hydrogens (tertiary/aromatic N) is 2. The fraction of sp³-hybridized carbons (Fsp3) is 0.167. The maximum atomic E-state index is 10.0. The largest absolute Gasteiger partial charge is 0.384 e. The summed E-state index contributed by atoms with van der Waals surface area (Å²) in [5, 5.41) is 10.0. The van der Waals surface area contributed by atoms with Crippen molar-refractivity contribution in [3.63, 3.8) is 0 Å². The summed E-state index contributed by atoms with van der Waals surface area (Å²) in [6.45, 7) is 1.95. The van der Waals surface area contributed by atoms with Gasteiger partial charge in [0.2, 0.25) is 0 Å². The predicted octanol–water partition coefficient (Wildman–Crippen LogP) is 1.87. The molecule has 0 bridgehead atoms. The smallest absolute Gasteiger partial charge is 0.106 e. The lowest BCUT2D eigenvalue weighted by Gasteiger charge is -2.10. The number of aliphatic hydroxyl groups excluding tert-OH is 1. The molecular weight excluding hydrogens is 188 g/mol. The fourth-order valence-electron chi connectivity index (χ4n) is 1.47. The van der Waals surface area contributed by atoms with Crippen molar-refractivity contribution < 1.29 is 5.11 Å². The van der Waals surface area contributed by atoms with Crippen LogP contribution in [0.3, 0.4) is 0 Å². The number of aliphatic hydroxyl groups is 1. The first-order valence-corrected chi connectivity index (χ1v) is 4.77. The number of hydrogen-bond donors (Lipinski definition) is 1. The highest BCUT2D eigenvalue weighted by atomic mass is 16.3. The molecule has 2 aromatic rings. The van der Waals surface area contributed by atoms with Gasteiger partial charge in [-0.25, -0.2) is 0 Å². The summed E-state index contributed by atoms with van der Waals surface area (Å²) in [6.07, 6.45) is 6.16. The quantitative estimate of drug-likeness (QED) is 0.804. The second kappa shape index (κ2) is 4.19. The van der Waals surface area contributed by atoms with E-state index in [0.29, 0.717) is 0 Å². The molecule has 76 valence electrons. The van der Waals surface area contributed by atoms with E-state index >= 15 is 0 Å². The highest BCUT2D eigenvalue weighted by molar-refractivity contribution is 5.28. The Labute approximate surface area is 88.5 Å². The molecule has 2 heterocycles. The summed E-state index contributed by atoms with van der Waals surface area (Å²) >= 11 is 0. The molecule has 15 heavy (non-hydrogen) atoms. The lowest BCUT2D eigenvalue weighted by atomic mass is 10.0. The van der Waals surface area contributed by atoms with Crippen molar-refractivity contribution in [1.82, 2.24) is 9.97 Å². The molecule has 1 unspecified atom stereocenters. The highest BCUT2D eigenvalue weighted by Crippen LogP contribution is 2.20. The van der Waals surface area contributed by atoms with Crippen molar-refractivity contribution in [3.8, 4) is 0 Å². The van der Waals surface area contributed by atoms with Gasteiger partial charge in [0.15, 0.2) is 0 Å². The van der Waals surface area contributed by atoms with Gasteiger partial charge in [-0.2, -0.15) is 0 Å². The Morgan fingerprint density at radius 2 is 1.80 bits per heavy atom. The van der Waals surface area contributed by atoms with E-state index in [1.807, 2.05) is 13.0 Å². The highest BCUT2D eigenvalue weighted by Gasteiger charge is 2.09. The molecule has 0 amide bonds. The molecule has 2 aromatic heterocycles. The molecule has 0 spiro atoms. The Morgan fingerprint density at radius 3 is 2.47 bits per heavy atom. The Balaban J connectivity index is 2.32. The summed E-state index contributed by atoms with van der Waals surface area (Å²) in [6, 6.07) is 5.53. The van der Waals surface area contributed by atoms with Crippen molar-refractivity contribution in [3.05, 3.63) is 59.7 Å². The van der Waals surface area contributed by atoms with E-state index in [1.54, 1.807) is 36.9 Å². The van der Waals surface area contributed by atoms with Gasteiger partial charge in [0.05, 0.1) is 0 Å². The van der Waals surface area contributed by atoms with Crippen LogP contribution < -0.4 is 0 Å². The molecule has 0 radical (unpaired) electrons. The minimum atomic E-state index is -0.625. The van der Waals surface area contributed by atoms with Crippen molar-refractivity contribution in [2.75, 3.05) is 0 Å². The average Bonchev–Trinajstić information content (AvgIpc) is 2.29. The zero-order chi connectivity index (χ0) is 10.7.